The Morgan fingerprint density at radius 3 is 2.67 bits per heavy atom. The van der Waals surface area contributed by atoms with Gasteiger partial charge in [0.2, 0.25) is 0 Å². The summed E-state index contributed by atoms with van der Waals surface area (Å²) in [5.74, 6) is 0.622. The highest BCUT2D eigenvalue weighted by Gasteiger charge is 2.33. The van der Waals surface area contributed by atoms with Crippen molar-refractivity contribution >= 4 is 46.3 Å². The number of rotatable bonds is 6. The van der Waals surface area contributed by atoms with Crippen LogP contribution in [0.3, 0.4) is 0 Å². The molecule has 0 fully saturated rings. The van der Waals surface area contributed by atoms with Gasteiger partial charge in [-0.15, -0.1) is 0 Å². The quantitative estimate of drug-likeness (QED) is 0.280. The van der Waals surface area contributed by atoms with E-state index in [4.69, 9.17) is 16.0 Å². The standard InChI is InChI=1S/C20H16ClF3N2O3S/c1-3-30-18-8-16(28)13-7-11(20(22,23)24)6-12(19(13)29-18)10(2)25-14-4-5-17(21)26-15(14)9-27/h4-10,25H,3H2,1-2H3. The van der Waals surface area contributed by atoms with Crippen LogP contribution in [0.1, 0.15) is 41.5 Å². The number of hydrogen-bond donors (Lipinski definition) is 1. The molecule has 1 atom stereocenters. The van der Waals surface area contributed by atoms with Crippen LogP contribution in [-0.2, 0) is 6.18 Å². The van der Waals surface area contributed by atoms with Crippen molar-refractivity contribution in [2.75, 3.05) is 11.1 Å². The zero-order valence-electron chi connectivity index (χ0n) is 15.8. The van der Waals surface area contributed by atoms with Gasteiger partial charge in [-0.25, -0.2) is 4.98 Å². The maximum atomic E-state index is 13.5. The van der Waals surface area contributed by atoms with Crippen LogP contribution in [0.5, 0.6) is 0 Å². The predicted octanol–water partition coefficient (Wildman–Crippen LogP) is 5.96. The van der Waals surface area contributed by atoms with Crippen LogP contribution in [0.25, 0.3) is 11.0 Å². The normalized spacial score (nSPS) is 12.7. The van der Waals surface area contributed by atoms with Crippen LogP contribution < -0.4 is 10.7 Å². The number of nitrogens with zero attached hydrogens (tertiary/aromatic N) is 1. The molecule has 30 heavy (non-hydrogen) atoms. The molecule has 0 saturated heterocycles. The van der Waals surface area contributed by atoms with E-state index in [1.54, 1.807) is 6.92 Å². The molecule has 0 aliphatic carbocycles. The van der Waals surface area contributed by atoms with Crippen LogP contribution in [0.4, 0.5) is 18.9 Å². The van der Waals surface area contributed by atoms with Crippen molar-refractivity contribution in [1.82, 2.24) is 4.98 Å². The Hall–Kier alpha value is -2.52. The van der Waals surface area contributed by atoms with Gasteiger partial charge in [-0.05, 0) is 36.9 Å². The molecule has 2 heterocycles. The van der Waals surface area contributed by atoms with Gasteiger partial charge in [-0.1, -0.05) is 30.3 Å². The molecule has 0 amide bonds. The lowest BCUT2D eigenvalue weighted by molar-refractivity contribution is -0.137. The van der Waals surface area contributed by atoms with Gasteiger partial charge in [0.1, 0.15) is 16.4 Å². The molecular formula is C20H16ClF3N2O3S. The molecule has 3 rings (SSSR count). The second kappa shape index (κ2) is 8.69. The van der Waals surface area contributed by atoms with Gasteiger partial charge >= 0.3 is 6.18 Å². The monoisotopic (exact) mass is 456 g/mol. The molecule has 1 unspecified atom stereocenters. The highest BCUT2D eigenvalue weighted by Crippen LogP contribution is 2.36. The minimum Gasteiger partial charge on any atom is -0.449 e. The van der Waals surface area contributed by atoms with Crippen molar-refractivity contribution in [2.24, 2.45) is 0 Å². The summed E-state index contributed by atoms with van der Waals surface area (Å²) in [5.41, 5.74) is -1.05. The summed E-state index contributed by atoms with van der Waals surface area (Å²) in [6.45, 7) is 3.46. The molecule has 5 nitrogen and oxygen atoms in total. The van der Waals surface area contributed by atoms with E-state index in [9.17, 15) is 22.8 Å². The van der Waals surface area contributed by atoms with Crippen molar-refractivity contribution in [3.05, 3.63) is 62.5 Å². The summed E-state index contributed by atoms with van der Waals surface area (Å²) in [6.07, 6.45) is -4.16. The first-order valence-corrected chi connectivity index (χ1v) is 10.2. The molecule has 3 aromatic rings. The summed E-state index contributed by atoms with van der Waals surface area (Å²) in [7, 11) is 0. The third kappa shape index (κ3) is 4.62. The summed E-state index contributed by atoms with van der Waals surface area (Å²) in [4.78, 5) is 27.7. The van der Waals surface area contributed by atoms with Gasteiger partial charge in [0, 0.05) is 11.6 Å². The maximum Gasteiger partial charge on any atom is 0.416 e. The average molecular weight is 457 g/mol. The molecule has 0 aliphatic rings. The Labute approximate surface area is 178 Å². The molecule has 1 N–H and O–H groups in total. The molecule has 0 radical (unpaired) electrons. The Morgan fingerprint density at radius 1 is 1.30 bits per heavy atom. The summed E-state index contributed by atoms with van der Waals surface area (Å²) in [5, 5.41) is 3.20. The number of fused-ring (bicyclic) bond motifs is 1. The number of carbonyl (C=O) groups is 1. The first-order chi connectivity index (χ1) is 14.1. The Kier molecular flexibility index (Phi) is 6.42. The number of halogens is 4. The van der Waals surface area contributed by atoms with Gasteiger partial charge < -0.3 is 9.73 Å². The Bertz CT molecular complexity index is 1160. The molecular weight excluding hydrogens is 441 g/mol. The first kappa shape index (κ1) is 22.2. The zero-order valence-corrected chi connectivity index (χ0v) is 17.4. The fraction of sp³-hybridized carbons (Fsp3) is 0.250. The van der Waals surface area contributed by atoms with E-state index in [0.29, 0.717) is 17.1 Å². The fourth-order valence-corrected chi connectivity index (χ4v) is 3.71. The van der Waals surface area contributed by atoms with Crippen molar-refractivity contribution in [1.29, 1.82) is 0 Å². The predicted molar refractivity (Wildman–Crippen MR) is 111 cm³/mol. The maximum absolute atomic E-state index is 13.5. The van der Waals surface area contributed by atoms with Crippen LogP contribution in [0.2, 0.25) is 5.15 Å². The van der Waals surface area contributed by atoms with Crippen LogP contribution in [0.15, 0.2) is 44.6 Å². The zero-order chi connectivity index (χ0) is 22.1. The van der Waals surface area contributed by atoms with Gasteiger partial charge in [-0.3, -0.25) is 9.59 Å². The average Bonchev–Trinajstić information content (AvgIpc) is 2.68. The third-order valence-corrected chi connectivity index (χ3v) is 5.27. The molecule has 10 heteroatoms. The minimum absolute atomic E-state index is 0.00862. The van der Waals surface area contributed by atoms with E-state index in [1.165, 1.54) is 30.0 Å². The Morgan fingerprint density at radius 2 is 2.03 bits per heavy atom. The number of benzene rings is 1. The number of aromatic nitrogens is 1. The van der Waals surface area contributed by atoms with E-state index in [0.717, 1.165) is 12.1 Å². The van der Waals surface area contributed by atoms with Crippen molar-refractivity contribution in [3.8, 4) is 0 Å². The molecule has 0 spiro atoms. The van der Waals surface area contributed by atoms with Gasteiger partial charge in [0.15, 0.2) is 16.8 Å². The highest BCUT2D eigenvalue weighted by atomic mass is 35.5. The van der Waals surface area contributed by atoms with Gasteiger partial charge in [0.05, 0.1) is 22.7 Å². The summed E-state index contributed by atoms with van der Waals surface area (Å²) in [6, 6.07) is 5.11. The fourth-order valence-electron chi connectivity index (χ4n) is 2.93. The SMILES string of the molecule is CCSc1cc(=O)c2cc(C(F)(F)F)cc(C(C)Nc3ccc(Cl)nc3C=O)c2o1. The van der Waals surface area contributed by atoms with E-state index in [2.05, 4.69) is 10.3 Å². The smallest absolute Gasteiger partial charge is 0.416 e. The van der Waals surface area contributed by atoms with Crippen molar-refractivity contribution in [2.45, 2.75) is 31.2 Å². The van der Waals surface area contributed by atoms with Crippen molar-refractivity contribution in [3.63, 3.8) is 0 Å². The number of alkyl halides is 3. The first-order valence-electron chi connectivity index (χ1n) is 8.84. The molecule has 158 valence electrons. The highest BCUT2D eigenvalue weighted by molar-refractivity contribution is 7.99. The topological polar surface area (TPSA) is 72.2 Å². The largest absolute Gasteiger partial charge is 0.449 e. The summed E-state index contributed by atoms with van der Waals surface area (Å²) < 4.78 is 46.1. The van der Waals surface area contributed by atoms with Crippen molar-refractivity contribution < 1.29 is 22.4 Å². The molecule has 0 saturated carbocycles. The number of hydrogen-bond acceptors (Lipinski definition) is 6. The van der Waals surface area contributed by atoms with Crippen LogP contribution >= 0.6 is 23.4 Å². The van der Waals surface area contributed by atoms with E-state index in [1.807, 2.05) is 6.92 Å². The number of thioether (sulfide) groups is 1. The number of carbonyl (C=O) groups excluding carboxylic acids is 1. The lowest BCUT2D eigenvalue weighted by atomic mass is 10.00. The third-order valence-electron chi connectivity index (χ3n) is 4.29. The number of anilines is 1. The van der Waals surface area contributed by atoms with Crippen LogP contribution in [-0.4, -0.2) is 17.0 Å². The molecule has 0 aliphatic heterocycles. The van der Waals surface area contributed by atoms with E-state index < -0.39 is 23.2 Å². The van der Waals surface area contributed by atoms with Gasteiger partial charge in [0.25, 0.3) is 0 Å². The molecule has 1 aromatic carbocycles. The van der Waals surface area contributed by atoms with Crippen LogP contribution in [0, 0.1) is 0 Å². The lowest BCUT2D eigenvalue weighted by Crippen LogP contribution is -2.14. The second-order valence-corrected chi connectivity index (χ2v) is 8.01. The second-order valence-electron chi connectivity index (χ2n) is 6.35. The van der Waals surface area contributed by atoms with Gasteiger partial charge in [-0.2, -0.15) is 13.2 Å². The number of nitrogens with one attached hydrogen (secondary N) is 1. The molecule has 0 bridgehead atoms. The Balaban J connectivity index is 2.19. The summed E-state index contributed by atoms with van der Waals surface area (Å²) >= 11 is 7.05. The lowest BCUT2D eigenvalue weighted by Gasteiger charge is -2.20. The number of aldehydes is 1. The van der Waals surface area contributed by atoms with E-state index >= 15 is 0 Å². The number of pyridine rings is 1. The van der Waals surface area contributed by atoms with E-state index in [-0.39, 0.29) is 33.1 Å². The minimum atomic E-state index is -4.65. The molecule has 2 aromatic heterocycles.